The molecule has 0 aromatic heterocycles. The van der Waals surface area contributed by atoms with E-state index in [1.807, 2.05) is 26.1 Å². The van der Waals surface area contributed by atoms with Crippen molar-refractivity contribution in [3.63, 3.8) is 0 Å². The van der Waals surface area contributed by atoms with E-state index in [1.54, 1.807) is 11.0 Å². The molecule has 0 bridgehead atoms. The number of carboxylic acid groups (broad SMARTS) is 1. The summed E-state index contributed by atoms with van der Waals surface area (Å²) in [5.41, 5.74) is 2.27. The van der Waals surface area contributed by atoms with E-state index in [2.05, 4.69) is 0 Å². The number of hydrogen-bond acceptors (Lipinski definition) is 2. The largest absolute Gasteiger partial charge is 0.478 e. The number of rotatable bonds is 4. The molecular weight excluding hydrogens is 242 g/mol. The Morgan fingerprint density at radius 3 is 2.63 bits per heavy atom. The molecule has 0 heterocycles. The van der Waals surface area contributed by atoms with Gasteiger partial charge in [0.15, 0.2) is 0 Å². The molecule has 0 unspecified atom stereocenters. The number of aryl methyl sites for hydroxylation is 1. The van der Waals surface area contributed by atoms with E-state index in [9.17, 15) is 9.59 Å². The lowest BCUT2D eigenvalue weighted by Crippen LogP contribution is -2.29. The first-order valence-corrected chi connectivity index (χ1v) is 6.28. The zero-order valence-electron chi connectivity index (χ0n) is 11.1. The second-order valence-electron chi connectivity index (χ2n) is 4.89. The first-order valence-electron chi connectivity index (χ1n) is 6.28. The van der Waals surface area contributed by atoms with Crippen molar-refractivity contribution in [1.82, 2.24) is 4.90 Å². The monoisotopic (exact) mass is 259 g/mol. The van der Waals surface area contributed by atoms with Gasteiger partial charge < -0.3 is 10.0 Å². The Balaban J connectivity index is 2.25. The molecule has 0 saturated heterocycles. The fraction of sp³-hybridized carbons (Fsp3) is 0.333. The van der Waals surface area contributed by atoms with Crippen LogP contribution in [0.2, 0.25) is 0 Å². The lowest BCUT2D eigenvalue weighted by Gasteiger charge is -2.17. The highest BCUT2D eigenvalue weighted by Gasteiger charge is 2.30. The van der Waals surface area contributed by atoms with Crippen LogP contribution in [0.15, 0.2) is 24.3 Å². The number of amides is 1. The zero-order valence-corrected chi connectivity index (χ0v) is 11.1. The summed E-state index contributed by atoms with van der Waals surface area (Å²) < 4.78 is 0. The molecule has 4 heteroatoms. The standard InChI is InChI=1S/C15H17NO3/c1-10-3-4-11(5-8-14(17)18)9-13(10)15(19)16(2)12-6-7-12/h3-5,8-9,12H,6-7H2,1-2H3,(H,17,18). The Morgan fingerprint density at radius 1 is 1.37 bits per heavy atom. The second-order valence-corrected chi connectivity index (χ2v) is 4.89. The smallest absolute Gasteiger partial charge is 0.328 e. The van der Waals surface area contributed by atoms with Crippen molar-refractivity contribution >= 4 is 18.0 Å². The van der Waals surface area contributed by atoms with Crippen LogP contribution in [0.4, 0.5) is 0 Å². The summed E-state index contributed by atoms with van der Waals surface area (Å²) in [5, 5.41) is 8.62. The fourth-order valence-electron chi connectivity index (χ4n) is 1.96. The summed E-state index contributed by atoms with van der Waals surface area (Å²) in [6, 6.07) is 5.76. The molecular formula is C15H17NO3. The summed E-state index contributed by atoms with van der Waals surface area (Å²) >= 11 is 0. The van der Waals surface area contributed by atoms with E-state index < -0.39 is 5.97 Å². The van der Waals surface area contributed by atoms with Crippen LogP contribution in [0.1, 0.15) is 34.3 Å². The molecule has 0 aliphatic heterocycles. The fourth-order valence-corrected chi connectivity index (χ4v) is 1.96. The molecule has 1 N–H and O–H groups in total. The van der Waals surface area contributed by atoms with Crippen LogP contribution in [-0.4, -0.2) is 35.0 Å². The lowest BCUT2D eigenvalue weighted by atomic mass is 10.0. The molecule has 100 valence electrons. The first kappa shape index (κ1) is 13.3. The Labute approximate surface area is 112 Å². The van der Waals surface area contributed by atoms with Gasteiger partial charge in [-0.25, -0.2) is 4.79 Å². The van der Waals surface area contributed by atoms with Gasteiger partial charge in [-0.15, -0.1) is 0 Å². The number of benzene rings is 1. The maximum atomic E-state index is 12.3. The highest BCUT2D eigenvalue weighted by atomic mass is 16.4. The number of carboxylic acids is 1. The van der Waals surface area contributed by atoms with E-state index in [1.165, 1.54) is 6.08 Å². The van der Waals surface area contributed by atoms with Gasteiger partial charge in [0.25, 0.3) is 5.91 Å². The average Bonchev–Trinajstić information content (AvgIpc) is 3.20. The number of carbonyl (C=O) groups excluding carboxylic acids is 1. The minimum Gasteiger partial charge on any atom is -0.478 e. The molecule has 19 heavy (non-hydrogen) atoms. The molecule has 0 radical (unpaired) electrons. The van der Waals surface area contributed by atoms with E-state index in [4.69, 9.17) is 5.11 Å². The van der Waals surface area contributed by atoms with Crippen molar-refractivity contribution in [3.8, 4) is 0 Å². The minimum atomic E-state index is -0.997. The van der Waals surface area contributed by atoms with E-state index in [0.29, 0.717) is 11.6 Å². The number of nitrogens with zero attached hydrogens (tertiary/aromatic N) is 1. The third kappa shape index (κ3) is 3.22. The van der Waals surface area contributed by atoms with Crippen LogP contribution < -0.4 is 0 Å². The van der Waals surface area contributed by atoms with Gasteiger partial charge in [-0.05, 0) is 43.0 Å². The zero-order chi connectivity index (χ0) is 14.0. The summed E-state index contributed by atoms with van der Waals surface area (Å²) in [7, 11) is 1.82. The molecule has 1 aliphatic rings. The Bertz CT molecular complexity index is 544. The number of carbonyl (C=O) groups is 2. The normalized spacial score (nSPS) is 14.6. The summed E-state index contributed by atoms with van der Waals surface area (Å²) in [6.45, 7) is 1.89. The molecule has 0 spiro atoms. The van der Waals surface area contributed by atoms with Crippen LogP contribution >= 0.6 is 0 Å². The van der Waals surface area contributed by atoms with Crippen molar-refractivity contribution in [3.05, 3.63) is 41.0 Å². The molecule has 4 nitrogen and oxygen atoms in total. The number of hydrogen-bond donors (Lipinski definition) is 1. The van der Waals surface area contributed by atoms with Gasteiger partial charge in [0.1, 0.15) is 0 Å². The molecule has 1 aromatic carbocycles. The Hall–Kier alpha value is -2.10. The van der Waals surface area contributed by atoms with E-state index in [0.717, 1.165) is 30.0 Å². The van der Waals surface area contributed by atoms with E-state index in [-0.39, 0.29) is 5.91 Å². The Kier molecular flexibility index (Phi) is 3.69. The summed E-state index contributed by atoms with van der Waals surface area (Å²) in [4.78, 5) is 24.6. The van der Waals surface area contributed by atoms with E-state index >= 15 is 0 Å². The quantitative estimate of drug-likeness (QED) is 0.844. The highest BCUT2D eigenvalue weighted by molar-refractivity contribution is 5.96. The van der Waals surface area contributed by atoms with Crippen molar-refractivity contribution in [2.75, 3.05) is 7.05 Å². The third-order valence-corrected chi connectivity index (χ3v) is 3.33. The number of aliphatic carboxylic acids is 1. The van der Waals surface area contributed by atoms with Crippen LogP contribution in [0.5, 0.6) is 0 Å². The topological polar surface area (TPSA) is 57.6 Å². The van der Waals surface area contributed by atoms with Crippen LogP contribution in [0.25, 0.3) is 6.08 Å². The highest BCUT2D eigenvalue weighted by Crippen LogP contribution is 2.27. The average molecular weight is 259 g/mol. The molecule has 1 aliphatic carbocycles. The van der Waals surface area contributed by atoms with Gasteiger partial charge in [-0.3, -0.25) is 4.79 Å². The van der Waals surface area contributed by atoms with Crippen LogP contribution in [0.3, 0.4) is 0 Å². The van der Waals surface area contributed by atoms with Crippen molar-refractivity contribution in [2.24, 2.45) is 0 Å². The molecule has 1 fully saturated rings. The maximum Gasteiger partial charge on any atom is 0.328 e. The van der Waals surface area contributed by atoms with Gasteiger partial charge >= 0.3 is 5.97 Å². The summed E-state index contributed by atoms with van der Waals surface area (Å²) in [6.07, 6.45) is 4.71. The summed E-state index contributed by atoms with van der Waals surface area (Å²) in [5.74, 6) is -0.992. The maximum absolute atomic E-state index is 12.3. The van der Waals surface area contributed by atoms with Gasteiger partial charge in [0.2, 0.25) is 0 Å². The Morgan fingerprint density at radius 2 is 2.05 bits per heavy atom. The molecule has 1 amide bonds. The van der Waals surface area contributed by atoms with Crippen LogP contribution in [0, 0.1) is 6.92 Å². The predicted molar refractivity (Wildman–Crippen MR) is 73.0 cm³/mol. The van der Waals surface area contributed by atoms with Gasteiger partial charge in [-0.1, -0.05) is 12.1 Å². The van der Waals surface area contributed by atoms with Crippen molar-refractivity contribution < 1.29 is 14.7 Å². The third-order valence-electron chi connectivity index (χ3n) is 3.33. The first-order chi connectivity index (χ1) is 8.99. The SMILES string of the molecule is Cc1ccc(C=CC(=O)O)cc1C(=O)N(C)C1CC1. The van der Waals surface area contributed by atoms with Gasteiger partial charge in [0, 0.05) is 24.7 Å². The molecule has 2 rings (SSSR count). The molecule has 1 aromatic rings. The van der Waals surface area contributed by atoms with Gasteiger partial charge in [0.05, 0.1) is 0 Å². The second kappa shape index (κ2) is 5.26. The van der Waals surface area contributed by atoms with Gasteiger partial charge in [-0.2, -0.15) is 0 Å². The molecule has 0 atom stereocenters. The van der Waals surface area contributed by atoms with Crippen LogP contribution in [-0.2, 0) is 4.79 Å². The lowest BCUT2D eigenvalue weighted by molar-refractivity contribution is -0.131. The predicted octanol–water partition coefficient (Wildman–Crippen LogP) is 2.33. The van der Waals surface area contributed by atoms with Crippen molar-refractivity contribution in [1.29, 1.82) is 0 Å². The molecule has 1 saturated carbocycles. The van der Waals surface area contributed by atoms with Crippen molar-refractivity contribution in [2.45, 2.75) is 25.8 Å². The minimum absolute atomic E-state index is 0.00516.